The number of ether oxygens (including phenoxy) is 1. The molecule has 1 aliphatic heterocycles. The van der Waals surface area contributed by atoms with Crippen LogP contribution in [0.15, 0.2) is 66.8 Å². The van der Waals surface area contributed by atoms with E-state index in [-0.39, 0.29) is 18.0 Å². The molecule has 1 heterocycles. The molecule has 8 nitrogen and oxygen atoms in total. The fourth-order valence-electron chi connectivity index (χ4n) is 5.17. The van der Waals surface area contributed by atoms with Crippen LogP contribution in [0.5, 0.6) is 0 Å². The number of likely N-dealkylation sites (N-methyl/N-ethyl adjacent to an activating group) is 2. The normalized spacial score (nSPS) is 21.1. The van der Waals surface area contributed by atoms with Gasteiger partial charge < -0.3 is 30.9 Å². The Morgan fingerprint density at radius 2 is 1.93 bits per heavy atom. The van der Waals surface area contributed by atoms with Gasteiger partial charge >= 0.3 is 6.09 Å². The topological polar surface area (TPSA) is 99.9 Å². The first kappa shape index (κ1) is 29.2. The van der Waals surface area contributed by atoms with Crippen molar-refractivity contribution in [3.8, 4) is 0 Å². The molecule has 1 unspecified atom stereocenters. The summed E-state index contributed by atoms with van der Waals surface area (Å²) in [5.74, 6) is -0.0703. The van der Waals surface area contributed by atoms with Gasteiger partial charge in [0, 0.05) is 49.0 Å². The summed E-state index contributed by atoms with van der Waals surface area (Å²) in [5.41, 5.74) is 9.30. The zero-order chi connectivity index (χ0) is 29.0. The van der Waals surface area contributed by atoms with Gasteiger partial charge in [0.15, 0.2) is 0 Å². The summed E-state index contributed by atoms with van der Waals surface area (Å²) < 4.78 is 5.44. The van der Waals surface area contributed by atoms with E-state index in [0.29, 0.717) is 12.6 Å². The summed E-state index contributed by atoms with van der Waals surface area (Å²) in [6.07, 6.45) is 8.02. The van der Waals surface area contributed by atoms with E-state index < -0.39 is 11.6 Å². The van der Waals surface area contributed by atoms with E-state index in [0.717, 1.165) is 59.1 Å². The number of fused-ring (bicyclic) bond motifs is 1. The summed E-state index contributed by atoms with van der Waals surface area (Å²) >= 11 is 0. The fraction of sp³-hybridized carbons (Fsp3) is 0.438. The summed E-state index contributed by atoms with van der Waals surface area (Å²) in [7, 11) is 3.84. The van der Waals surface area contributed by atoms with Crippen LogP contribution < -0.4 is 16.4 Å². The number of carbonyl (C=O) groups is 2. The molecule has 40 heavy (non-hydrogen) atoms. The second-order valence-electron chi connectivity index (χ2n) is 11.9. The van der Waals surface area contributed by atoms with Crippen LogP contribution in [0.1, 0.15) is 45.6 Å². The largest absolute Gasteiger partial charge is 0.444 e. The van der Waals surface area contributed by atoms with Crippen molar-refractivity contribution in [3.05, 3.63) is 72.3 Å². The quantitative estimate of drug-likeness (QED) is 0.345. The number of nitrogens with two attached hydrogens (primary N) is 1. The average Bonchev–Trinajstić information content (AvgIpc) is 2.91. The van der Waals surface area contributed by atoms with Crippen molar-refractivity contribution >= 4 is 34.2 Å². The van der Waals surface area contributed by atoms with Crippen molar-refractivity contribution in [3.63, 3.8) is 0 Å². The maximum Gasteiger partial charge on any atom is 0.410 e. The molecule has 0 aromatic heterocycles. The Bertz CT molecular complexity index is 1330. The molecule has 214 valence electrons. The smallest absolute Gasteiger partial charge is 0.410 e. The van der Waals surface area contributed by atoms with Gasteiger partial charge in [0.05, 0.1) is 0 Å². The Morgan fingerprint density at radius 1 is 1.15 bits per heavy atom. The first-order chi connectivity index (χ1) is 18.9. The Morgan fingerprint density at radius 3 is 2.65 bits per heavy atom. The minimum absolute atomic E-state index is 0.0633. The number of rotatable bonds is 7. The predicted molar refractivity (Wildman–Crippen MR) is 163 cm³/mol. The minimum Gasteiger partial charge on any atom is -0.444 e. The molecule has 4 rings (SSSR count). The number of anilines is 1. The molecule has 2 aromatic carbocycles. The number of benzene rings is 2. The third-order valence-corrected chi connectivity index (χ3v) is 7.60. The standard InChI is InChI=1S/C32H43N5O3/c1-21-19-24(36(5)17-18-37(6)31(39)40-32(2,3)4)15-16-27(21)35-30(38)29-12-8-11-28(34-29)23-14-13-22-9-7-10-26(33)25(22)20-23/h7-14,20,24,27,29,34H,1,15-19,33H2,2-6H3,(H,35,38)/t24-,27-,29?/m0/s1. The van der Waals surface area contributed by atoms with Gasteiger partial charge in [-0.2, -0.15) is 0 Å². The number of amides is 2. The number of nitrogen functional groups attached to an aromatic ring is 1. The molecule has 1 fully saturated rings. The summed E-state index contributed by atoms with van der Waals surface area (Å²) in [6.45, 7) is 11.2. The van der Waals surface area contributed by atoms with E-state index in [2.05, 4.69) is 35.2 Å². The average molecular weight is 546 g/mol. The Hall–Kier alpha value is -3.78. The first-order valence-corrected chi connectivity index (χ1v) is 14.0. The summed E-state index contributed by atoms with van der Waals surface area (Å²) in [5, 5.41) is 8.66. The maximum atomic E-state index is 13.2. The van der Waals surface area contributed by atoms with Gasteiger partial charge in [-0.05, 0) is 76.2 Å². The van der Waals surface area contributed by atoms with Crippen LogP contribution in [0, 0.1) is 0 Å². The molecule has 0 saturated heterocycles. The highest BCUT2D eigenvalue weighted by molar-refractivity contribution is 5.95. The molecule has 3 atom stereocenters. The van der Waals surface area contributed by atoms with Gasteiger partial charge in [-0.1, -0.05) is 48.6 Å². The van der Waals surface area contributed by atoms with E-state index in [1.54, 1.807) is 11.9 Å². The van der Waals surface area contributed by atoms with Gasteiger partial charge in [0.1, 0.15) is 11.6 Å². The van der Waals surface area contributed by atoms with Crippen molar-refractivity contribution in [2.45, 2.75) is 63.8 Å². The van der Waals surface area contributed by atoms with Crippen LogP contribution in [0.4, 0.5) is 10.5 Å². The highest BCUT2D eigenvalue weighted by Crippen LogP contribution is 2.28. The second kappa shape index (κ2) is 12.2. The summed E-state index contributed by atoms with van der Waals surface area (Å²) in [6, 6.07) is 11.8. The van der Waals surface area contributed by atoms with Gasteiger partial charge in [-0.3, -0.25) is 4.79 Å². The van der Waals surface area contributed by atoms with Crippen LogP contribution in [0.2, 0.25) is 0 Å². The first-order valence-electron chi connectivity index (χ1n) is 14.0. The Labute approximate surface area is 237 Å². The number of allylic oxidation sites excluding steroid dienone is 2. The fourth-order valence-corrected chi connectivity index (χ4v) is 5.17. The number of hydrogen-bond acceptors (Lipinski definition) is 6. The highest BCUT2D eigenvalue weighted by Gasteiger charge is 2.30. The number of nitrogens with zero attached hydrogens (tertiary/aromatic N) is 2. The van der Waals surface area contributed by atoms with Crippen LogP contribution in [0.3, 0.4) is 0 Å². The highest BCUT2D eigenvalue weighted by atomic mass is 16.6. The number of nitrogens with one attached hydrogen (secondary N) is 2. The number of dihydropyridines is 1. The third kappa shape index (κ3) is 7.24. The van der Waals surface area contributed by atoms with Gasteiger partial charge in [0.25, 0.3) is 0 Å². The lowest BCUT2D eigenvalue weighted by Crippen LogP contribution is -2.50. The third-order valence-electron chi connectivity index (χ3n) is 7.60. The molecule has 0 spiro atoms. The van der Waals surface area contributed by atoms with Crippen molar-refractivity contribution in [2.24, 2.45) is 0 Å². The van der Waals surface area contributed by atoms with E-state index in [1.165, 1.54) is 0 Å². The summed E-state index contributed by atoms with van der Waals surface area (Å²) in [4.78, 5) is 29.4. The zero-order valence-corrected chi connectivity index (χ0v) is 24.4. The van der Waals surface area contributed by atoms with E-state index in [4.69, 9.17) is 10.5 Å². The van der Waals surface area contributed by atoms with Gasteiger partial charge in [-0.25, -0.2) is 4.79 Å². The van der Waals surface area contributed by atoms with Crippen molar-refractivity contribution in [1.29, 1.82) is 0 Å². The van der Waals surface area contributed by atoms with E-state index in [9.17, 15) is 9.59 Å². The van der Waals surface area contributed by atoms with Crippen molar-refractivity contribution in [2.75, 3.05) is 32.9 Å². The molecule has 2 aromatic rings. The molecule has 0 radical (unpaired) electrons. The SMILES string of the molecule is C=C1C[C@@H](N(C)CCN(C)C(=O)OC(C)(C)C)CC[C@@H]1NC(=O)C1C=CC=C(c2ccc3cccc(N)c3c2)N1. The molecule has 1 aliphatic carbocycles. The lowest BCUT2D eigenvalue weighted by molar-refractivity contribution is -0.122. The number of hydrogen-bond donors (Lipinski definition) is 3. The van der Waals surface area contributed by atoms with Crippen LogP contribution in [-0.2, 0) is 9.53 Å². The Kier molecular flexibility index (Phi) is 8.88. The molecule has 2 amide bonds. The number of carbonyl (C=O) groups excluding carboxylic acids is 2. The molecule has 1 saturated carbocycles. The molecule has 4 N–H and O–H groups in total. The predicted octanol–water partition coefficient (Wildman–Crippen LogP) is 4.68. The lowest BCUT2D eigenvalue weighted by Gasteiger charge is -2.37. The van der Waals surface area contributed by atoms with Crippen LogP contribution in [-0.4, -0.2) is 72.7 Å². The maximum absolute atomic E-state index is 13.2. The minimum atomic E-state index is -0.510. The molecule has 0 bridgehead atoms. The van der Waals surface area contributed by atoms with E-state index in [1.807, 2.05) is 69.3 Å². The Balaban J connectivity index is 1.27. The van der Waals surface area contributed by atoms with Gasteiger partial charge in [-0.15, -0.1) is 0 Å². The molecule has 8 heteroatoms. The van der Waals surface area contributed by atoms with E-state index >= 15 is 0 Å². The molecule has 2 aliphatic rings. The second-order valence-corrected chi connectivity index (χ2v) is 11.9. The monoisotopic (exact) mass is 545 g/mol. The zero-order valence-electron chi connectivity index (χ0n) is 24.4. The van der Waals surface area contributed by atoms with Crippen molar-refractivity contribution < 1.29 is 14.3 Å². The molecular weight excluding hydrogens is 502 g/mol. The van der Waals surface area contributed by atoms with Gasteiger partial charge in [0.2, 0.25) is 5.91 Å². The molecular formula is C32H43N5O3. The lowest BCUT2D eigenvalue weighted by atomic mass is 9.86. The van der Waals surface area contributed by atoms with Crippen LogP contribution in [0.25, 0.3) is 16.5 Å². The van der Waals surface area contributed by atoms with Crippen molar-refractivity contribution in [1.82, 2.24) is 20.4 Å². The van der Waals surface area contributed by atoms with Crippen LogP contribution >= 0.6 is 0 Å².